The lowest BCUT2D eigenvalue weighted by molar-refractivity contribution is 0.0935. The fourth-order valence-corrected chi connectivity index (χ4v) is 2.31. The molecule has 0 radical (unpaired) electrons. The minimum absolute atomic E-state index is 0.165. The van der Waals surface area contributed by atoms with Gasteiger partial charge in [-0.3, -0.25) is 15.0 Å². The summed E-state index contributed by atoms with van der Waals surface area (Å²) in [7, 11) is 0. The van der Waals surface area contributed by atoms with Gasteiger partial charge in [0.15, 0.2) is 0 Å². The Labute approximate surface area is 157 Å². The molecule has 0 aromatic heterocycles. The molecule has 26 heavy (non-hydrogen) atoms. The maximum atomic E-state index is 12.8. The van der Waals surface area contributed by atoms with Crippen molar-refractivity contribution in [2.45, 2.75) is 0 Å². The molecule has 0 fully saturated rings. The molecular weight excluding hydrogens is 407 g/mol. The molecule has 0 spiro atoms. The Morgan fingerprint density at radius 1 is 0.846 bits per heavy atom. The predicted molar refractivity (Wildman–Crippen MR) is 96.9 cm³/mol. The third-order valence-corrected chi connectivity index (χ3v) is 3.67. The first-order chi connectivity index (χ1) is 12.5. The van der Waals surface area contributed by atoms with Crippen LogP contribution in [0.15, 0.2) is 53.0 Å². The van der Waals surface area contributed by atoms with Gasteiger partial charge in [-0.25, -0.2) is 14.6 Å². The van der Waals surface area contributed by atoms with E-state index < -0.39 is 17.8 Å². The summed E-state index contributed by atoms with van der Waals surface area (Å²) in [5, 5.41) is 5.12. The molecule has 136 valence electrons. The molecule has 4 amide bonds. The van der Waals surface area contributed by atoms with Crippen molar-refractivity contribution >= 4 is 33.8 Å². The number of amides is 4. The highest BCUT2D eigenvalue weighted by atomic mass is 79.9. The molecule has 2 aromatic rings. The fourth-order valence-electron chi connectivity index (χ4n) is 1.92. The van der Waals surface area contributed by atoms with E-state index in [9.17, 15) is 18.8 Å². The SMILES string of the molecule is O=C(NCCNC(=O)c1cccc(Br)c1)NNC(=O)c1ccc(F)cc1. The van der Waals surface area contributed by atoms with Gasteiger partial charge in [0.2, 0.25) is 0 Å². The van der Waals surface area contributed by atoms with Crippen LogP contribution in [-0.4, -0.2) is 30.9 Å². The summed E-state index contributed by atoms with van der Waals surface area (Å²) in [6.45, 7) is 0.378. The second-order valence-corrected chi connectivity index (χ2v) is 6.02. The molecule has 2 aromatic carbocycles. The van der Waals surface area contributed by atoms with Gasteiger partial charge in [0.1, 0.15) is 5.82 Å². The summed E-state index contributed by atoms with van der Waals surface area (Å²) in [6, 6.07) is 11.1. The van der Waals surface area contributed by atoms with E-state index in [0.717, 1.165) is 16.6 Å². The van der Waals surface area contributed by atoms with Crippen LogP contribution >= 0.6 is 15.9 Å². The number of hydrogen-bond donors (Lipinski definition) is 4. The third-order valence-electron chi connectivity index (χ3n) is 3.18. The average molecular weight is 423 g/mol. The minimum Gasteiger partial charge on any atom is -0.350 e. The van der Waals surface area contributed by atoms with E-state index in [4.69, 9.17) is 0 Å². The topological polar surface area (TPSA) is 99.3 Å². The van der Waals surface area contributed by atoms with E-state index in [0.29, 0.717) is 5.56 Å². The van der Waals surface area contributed by atoms with Crippen LogP contribution in [0.2, 0.25) is 0 Å². The van der Waals surface area contributed by atoms with Crippen LogP contribution < -0.4 is 21.5 Å². The molecule has 0 unspecified atom stereocenters. The van der Waals surface area contributed by atoms with Gasteiger partial charge in [0, 0.05) is 28.7 Å². The standard InChI is InChI=1S/C17H16BrFN4O3/c18-13-3-1-2-12(10-13)15(24)20-8-9-21-17(26)23-22-16(25)11-4-6-14(19)7-5-11/h1-7,10H,8-9H2,(H,20,24)(H,22,25)(H2,21,23,26). The molecule has 0 atom stereocenters. The number of urea groups is 1. The largest absolute Gasteiger partial charge is 0.350 e. The van der Waals surface area contributed by atoms with E-state index in [-0.39, 0.29) is 24.6 Å². The van der Waals surface area contributed by atoms with Crippen molar-refractivity contribution in [1.29, 1.82) is 0 Å². The maximum absolute atomic E-state index is 12.8. The van der Waals surface area contributed by atoms with Gasteiger partial charge in [-0.1, -0.05) is 22.0 Å². The second kappa shape index (κ2) is 9.52. The Morgan fingerprint density at radius 3 is 2.23 bits per heavy atom. The van der Waals surface area contributed by atoms with Crippen molar-refractivity contribution in [3.63, 3.8) is 0 Å². The van der Waals surface area contributed by atoms with Crippen molar-refractivity contribution in [2.24, 2.45) is 0 Å². The summed E-state index contributed by atoms with van der Waals surface area (Å²) in [6.07, 6.45) is 0. The van der Waals surface area contributed by atoms with Gasteiger partial charge in [0.05, 0.1) is 0 Å². The molecule has 0 aliphatic carbocycles. The molecule has 0 saturated carbocycles. The number of halogens is 2. The van der Waals surface area contributed by atoms with E-state index in [1.165, 1.54) is 12.1 Å². The van der Waals surface area contributed by atoms with Crippen LogP contribution in [0.1, 0.15) is 20.7 Å². The van der Waals surface area contributed by atoms with Crippen LogP contribution in [0, 0.1) is 5.82 Å². The van der Waals surface area contributed by atoms with Gasteiger partial charge in [-0.15, -0.1) is 0 Å². The summed E-state index contributed by atoms with van der Waals surface area (Å²) in [5.41, 5.74) is 5.04. The number of hydrazine groups is 1. The zero-order chi connectivity index (χ0) is 18.9. The van der Waals surface area contributed by atoms with Crippen molar-refractivity contribution < 1.29 is 18.8 Å². The first-order valence-electron chi connectivity index (χ1n) is 7.59. The highest BCUT2D eigenvalue weighted by Gasteiger charge is 2.08. The average Bonchev–Trinajstić information content (AvgIpc) is 2.63. The summed E-state index contributed by atoms with van der Waals surface area (Å²) in [5.74, 6) is -1.31. The highest BCUT2D eigenvalue weighted by Crippen LogP contribution is 2.11. The zero-order valence-corrected chi connectivity index (χ0v) is 15.1. The van der Waals surface area contributed by atoms with Gasteiger partial charge in [-0.2, -0.15) is 0 Å². The third kappa shape index (κ3) is 6.17. The molecule has 0 saturated heterocycles. The van der Waals surface area contributed by atoms with Gasteiger partial charge >= 0.3 is 6.03 Å². The summed E-state index contributed by atoms with van der Waals surface area (Å²) in [4.78, 5) is 35.2. The Kier molecular flexibility index (Phi) is 7.10. The lowest BCUT2D eigenvalue weighted by Crippen LogP contribution is -2.48. The molecule has 7 nitrogen and oxygen atoms in total. The lowest BCUT2D eigenvalue weighted by atomic mass is 10.2. The van der Waals surface area contributed by atoms with Crippen LogP contribution in [0.5, 0.6) is 0 Å². The van der Waals surface area contributed by atoms with Crippen LogP contribution in [0.25, 0.3) is 0 Å². The highest BCUT2D eigenvalue weighted by molar-refractivity contribution is 9.10. The second-order valence-electron chi connectivity index (χ2n) is 5.11. The Balaban J connectivity index is 1.65. The Bertz CT molecular complexity index is 799. The number of benzene rings is 2. The summed E-state index contributed by atoms with van der Waals surface area (Å²) >= 11 is 3.28. The number of carbonyl (C=O) groups is 3. The van der Waals surface area contributed by atoms with Gasteiger partial charge in [-0.05, 0) is 42.5 Å². The van der Waals surface area contributed by atoms with Crippen LogP contribution in [0.4, 0.5) is 9.18 Å². The number of hydrogen-bond acceptors (Lipinski definition) is 3. The van der Waals surface area contributed by atoms with Gasteiger partial charge in [0.25, 0.3) is 11.8 Å². The minimum atomic E-state index is -0.642. The smallest absolute Gasteiger partial charge is 0.333 e. The van der Waals surface area contributed by atoms with Crippen molar-refractivity contribution in [1.82, 2.24) is 21.5 Å². The zero-order valence-electron chi connectivity index (χ0n) is 13.5. The van der Waals surface area contributed by atoms with E-state index in [1.54, 1.807) is 18.2 Å². The Hall–Kier alpha value is -2.94. The summed E-state index contributed by atoms with van der Waals surface area (Å²) < 4.78 is 13.6. The monoisotopic (exact) mass is 422 g/mol. The van der Waals surface area contributed by atoms with Crippen molar-refractivity contribution in [3.8, 4) is 0 Å². The van der Waals surface area contributed by atoms with Crippen molar-refractivity contribution in [3.05, 3.63) is 69.9 Å². The number of carbonyl (C=O) groups excluding carboxylic acids is 3. The first-order valence-corrected chi connectivity index (χ1v) is 8.38. The van der Waals surface area contributed by atoms with Crippen molar-refractivity contribution in [2.75, 3.05) is 13.1 Å². The van der Waals surface area contributed by atoms with E-state index in [2.05, 4.69) is 37.4 Å². The molecule has 9 heteroatoms. The molecule has 2 rings (SSSR count). The van der Waals surface area contributed by atoms with E-state index >= 15 is 0 Å². The molecule has 0 bridgehead atoms. The molecule has 0 aliphatic heterocycles. The van der Waals surface area contributed by atoms with Crippen LogP contribution in [-0.2, 0) is 0 Å². The molecule has 0 heterocycles. The molecule has 4 N–H and O–H groups in total. The fraction of sp³-hybridized carbons (Fsp3) is 0.118. The Morgan fingerprint density at radius 2 is 1.54 bits per heavy atom. The van der Waals surface area contributed by atoms with Gasteiger partial charge < -0.3 is 10.6 Å². The van der Waals surface area contributed by atoms with Crippen LogP contribution in [0.3, 0.4) is 0 Å². The molecule has 0 aliphatic rings. The molecular formula is C17H16BrFN4O3. The lowest BCUT2D eigenvalue weighted by Gasteiger charge is -2.10. The number of nitrogens with one attached hydrogen (secondary N) is 4. The normalized spacial score (nSPS) is 9.92. The number of rotatable bonds is 5. The predicted octanol–water partition coefficient (Wildman–Crippen LogP) is 1.96. The quantitative estimate of drug-likeness (QED) is 0.437. The first kappa shape index (κ1) is 19.4. The maximum Gasteiger partial charge on any atom is 0.333 e. The van der Waals surface area contributed by atoms with E-state index in [1.807, 2.05) is 6.07 Å².